The number of hydrogen-bond donors (Lipinski definition) is 2. The first-order valence-corrected chi connectivity index (χ1v) is 7.39. The summed E-state index contributed by atoms with van der Waals surface area (Å²) in [5, 5.41) is 3.38. The Balaban J connectivity index is 2.04. The molecule has 0 spiro atoms. The highest BCUT2D eigenvalue weighted by molar-refractivity contribution is 5.93. The molecule has 1 saturated heterocycles. The van der Waals surface area contributed by atoms with E-state index in [0.717, 1.165) is 32.6 Å². The van der Waals surface area contributed by atoms with Crippen LogP contribution in [0.3, 0.4) is 0 Å². The summed E-state index contributed by atoms with van der Waals surface area (Å²) in [7, 11) is 0. The van der Waals surface area contributed by atoms with Crippen LogP contribution in [-0.2, 0) is 0 Å². The molecule has 1 aromatic heterocycles. The molecule has 0 radical (unpaired) electrons. The van der Waals surface area contributed by atoms with Crippen molar-refractivity contribution in [2.45, 2.75) is 26.2 Å². The maximum Gasteiger partial charge on any atom is 0.255 e. The minimum absolute atomic E-state index is 0.00803. The minimum atomic E-state index is -0.180. The Morgan fingerprint density at radius 3 is 2.90 bits per heavy atom. The number of nitrogens with zero attached hydrogens (tertiary/aromatic N) is 1. The first-order chi connectivity index (χ1) is 9.70. The first-order valence-electron chi connectivity index (χ1n) is 7.39. The van der Waals surface area contributed by atoms with E-state index in [9.17, 15) is 9.59 Å². The van der Waals surface area contributed by atoms with Crippen molar-refractivity contribution in [2.75, 3.05) is 26.2 Å². The van der Waals surface area contributed by atoms with Crippen LogP contribution in [0.25, 0.3) is 0 Å². The van der Waals surface area contributed by atoms with Crippen LogP contribution in [-0.4, -0.2) is 42.0 Å². The molecule has 0 aromatic carbocycles. The quantitative estimate of drug-likeness (QED) is 0.850. The number of hydrogen-bond acceptors (Lipinski definition) is 3. The molecule has 1 unspecified atom stereocenters. The molecule has 0 saturated carbocycles. The summed E-state index contributed by atoms with van der Waals surface area (Å²) in [6.45, 7) is 5.69. The summed E-state index contributed by atoms with van der Waals surface area (Å²) in [6, 6.07) is 3.00. The predicted molar refractivity (Wildman–Crippen MR) is 78.9 cm³/mol. The van der Waals surface area contributed by atoms with Crippen LogP contribution in [0.4, 0.5) is 0 Å². The van der Waals surface area contributed by atoms with Gasteiger partial charge in [-0.1, -0.05) is 6.92 Å². The van der Waals surface area contributed by atoms with Crippen molar-refractivity contribution in [1.82, 2.24) is 15.2 Å². The van der Waals surface area contributed by atoms with E-state index >= 15 is 0 Å². The Labute approximate surface area is 119 Å². The molecule has 1 aromatic rings. The molecule has 5 nitrogen and oxygen atoms in total. The van der Waals surface area contributed by atoms with E-state index in [-0.39, 0.29) is 11.5 Å². The van der Waals surface area contributed by atoms with Gasteiger partial charge in [0.2, 0.25) is 5.56 Å². The van der Waals surface area contributed by atoms with Gasteiger partial charge in [0.25, 0.3) is 5.91 Å². The average molecular weight is 277 g/mol. The molecular weight excluding hydrogens is 254 g/mol. The largest absolute Gasteiger partial charge is 0.338 e. The van der Waals surface area contributed by atoms with Crippen LogP contribution >= 0.6 is 0 Å². The zero-order valence-corrected chi connectivity index (χ0v) is 12.0. The fourth-order valence-electron chi connectivity index (χ4n) is 2.66. The lowest BCUT2D eigenvalue weighted by Gasteiger charge is -2.30. The Hall–Kier alpha value is -1.62. The van der Waals surface area contributed by atoms with Gasteiger partial charge in [0, 0.05) is 25.4 Å². The van der Waals surface area contributed by atoms with Crippen molar-refractivity contribution in [2.24, 2.45) is 5.92 Å². The molecule has 2 N–H and O–H groups in total. The third-order valence-electron chi connectivity index (χ3n) is 3.69. The summed E-state index contributed by atoms with van der Waals surface area (Å²) < 4.78 is 0. The normalized spacial score (nSPS) is 18.8. The number of piperidine rings is 1. The summed E-state index contributed by atoms with van der Waals surface area (Å²) in [5.74, 6) is 0.538. The smallest absolute Gasteiger partial charge is 0.255 e. The third kappa shape index (κ3) is 3.93. The van der Waals surface area contributed by atoms with E-state index in [0.29, 0.717) is 11.5 Å². The van der Waals surface area contributed by atoms with Crippen molar-refractivity contribution in [3.05, 3.63) is 34.2 Å². The molecule has 5 heteroatoms. The van der Waals surface area contributed by atoms with Crippen molar-refractivity contribution in [3.63, 3.8) is 0 Å². The highest BCUT2D eigenvalue weighted by Crippen LogP contribution is 2.14. The van der Waals surface area contributed by atoms with E-state index in [1.807, 2.05) is 4.90 Å². The molecule has 0 aliphatic carbocycles. The summed E-state index contributed by atoms with van der Waals surface area (Å²) in [5.41, 5.74) is 0.377. The lowest BCUT2D eigenvalue weighted by molar-refractivity contribution is 0.0718. The van der Waals surface area contributed by atoms with E-state index in [2.05, 4.69) is 17.2 Å². The van der Waals surface area contributed by atoms with E-state index in [1.165, 1.54) is 25.1 Å². The first kappa shape index (κ1) is 14.8. The standard InChI is InChI=1S/C15H23N3O2/c1-2-8-18(11-12-4-3-7-16-9-12)15(20)13-5-6-14(19)17-10-13/h5-6,10,12,16H,2-4,7-9,11H2,1H3,(H,17,19). The molecule has 1 aliphatic heterocycles. The van der Waals surface area contributed by atoms with Crippen LogP contribution in [0.2, 0.25) is 0 Å². The number of amides is 1. The molecule has 2 heterocycles. The van der Waals surface area contributed by atoms with Gasteiger partial charge in [-0.15, -0.1) is 0 Å². The number of nitrogens with one attached hydrogen (secondary N) is 2. The fourth-order valence-corrected chi connectivity index (χ4v) is 2.66. The molecule has 1 atom stereocenters. The van der Waals surface area contributed by atoms with Gasteiger partial charge in [0.15, 0.2) is 0 Å². The highest BCUT2D eigenvalue weighted by atomic mass is 16.2. The topological polar surface area (TPSA) is 65.2 Å². The van der Waals surface area contributed by atoms with Gasteiger partial charge in [-0.25, -0.2) is 0 Å². The molecule has 2 rings (SSSR count). The molecule has 110 valence electrons. The lowest BCUT2D eigenvalue weighted by Crippen LogP contribution is -2.41. The van der Waals surface area contributed by atoms with Gasteiger partial charge in [-0.2, -0.15) is 0 Å². The minimum Gasteiger partial charge on any atom is -0.338 e. The highest BCUT2D eigenvalue weighted by Gasteiger charge is 2.21. The van der Waals surface area contributed by atoms with Crippen LogP contribution in [0, 0.1) is 5.92 Å². The monoisotopic (exact) mass is 277 g/mol. The van der Waals surface area contributed by atoms with Crippen molar-refractivity contribution < 1.29 is 4.79 Å². The Morgan fingerprint density at radius 2 is 2.30 bits per heavy atom. The number of carbonyl (C=O) groups is 1. The molecule has 1 aliphatic rings. The molecular formula is C15H23N3O2. The number of pyridine rings is 1. The number of carbonyl (C=O) groups excluding carboxylic acids is 1. The number of aromatic amines is 1. The van der Waals surface area contributed by atoms with E-state index in [4.69, 9.17) is 0 Å². The Kier molecular flexibility index (Phi) is 5.35. The summed E-state index contributed by atoms with van der Waals surface area (Å²) in [6.07, 6.45) is 4.80. The SMILES string of the molecule is CCCN(CC1CCCNC1)C(=O)c1ccc(=O)[nH]c1. The Bertz CT molecular complexity index is 472. The van der Waals surface area contributed by atoms with Gasteiger partial charge < -0.3 is 15.2 Å². The van der Waals surface area contributed by atoms with Crippen LogP contribution < -0.4 is 10.9 Å². The second-order valence-corrected chi connectivity index (χ2v) is 5.41. The second-order valence-electron chi connectivity index (χ2n) is 5.41. The molecule has 1 fully saturated rings. The van der Waals surface area contributed by atoms with Gasteiger partial charge in [-0.05, 0) is 44.3 Å². The number of rotatable bonds is 5. The maximum absolute atomic E-state index is 12.5. The molecule has 0 bridgehead atoms. The van der Waals surface area contributed by atoms with Gasteiger partial charge in [0.1, 0.15) is 0 Å². The molecule has 20 heavy (non-hydrogen) atoms. The second kappa shape index (κ2) is 7.24. The van der Waals surface area contributed by atoms with Gasteiger partial charge >= 0.3 is 0 Å². The molecule has 1 amide bonds. The van der Waals surface area contributed by atoms with Gasteiger partial charge in [-0.3, -0.25) is 9.59 Å². The lowest BCUT2D eigenvalue weighted by atomic mass is 9.98. The Morgan fingerprint density at radius 1 is 1.45 bits per heavy atom. The van der Waals surface area contributed by atoms with Crippen LogP contribution in [0.1, 0.15) is 36.5 Å². The maximum atomic E-state index is 12.5. The number of aromatic nitrogens is 1. The zero-order valence-electron chi connectivity index (χ0n) is 12.0. The van der Waals surface area contributed by atoms with Crippen LogP contribution in [0.5, 0.6) is 0 Å². The predicted octanol–water partition coefficient (Wildman–Crippen LogP) is 1.23. The summed E-state index contributed by atoms with van der Waals surface area (Å²) in [4.78, 5) is 28.0. The fraction of sp³-hybridized carbons (Fsp3) is 0.600. The van der Waals surface area contributed by atoms with Crippen LogP contribution in [0.15, 0.2) is 23.1 Å². The zero-order chi connectivity index (χ0) is 14.4. The van der Waals surface area contributed by atoms with Crippen molar-refractivity contribution >= 4 is 5.91 Å². The third-order valence-corrected chi connectivity index (χ3v) is 3.69. The van der Waals surface area contributed by atoms with Crippen molar-refractivity contribution in [3.8, 4) is 0 Å². The van der Waals surface area contributed by atoms with E-state index < -0.39 is 0 Å². The van der Waals surface area contributed by atoms with Crippen molar-refractivity contribution in [1.29, 1.82) is 0 Å². The van der Waals surface area contributed by atoms with E-state index in [1.54, 1.807) is 6.07 Å². The number of H-pyrrole nitrogens is 1. The average Bonchev–Trinajstić information content (AvgIpc) is 2.48. The van der Waals surface area contributed by atoms with Gasteiger partial charge in [0.05, 0.1) is 5.56 Å². The summed E-state index contributed by atoms with van der Waals surface area (Å²) >= 11 is 0.